The van der Waals surface area contributed by atoms with Crippen LogP contribution in [0.5, 0.6) is 0 Å². The van der Waals surface area contributed by atoms with Crippen molar-refractivity contribution < 1.29 is 18.7 Å². The van der Waals surface area contributed by atoms with Crippen molar-refractivity contribution in [1.82, 2.24) is 5.32 Å². The molecule has 2 aromatic rings. The zero-order valence-corrected chi connectivity index (χ0v) is 14.2. The van der Waals surface area contributed by atoms with Crippen LogP contribution in [0.4, 0.5) is 10.5 Å². The molecule has 1 fully saturated rings. The molecule has 1 saturated heterocycles. The number of ether oxygens (including phenoxy) is 2. The van der Waals surface area contributed by atoms with E-state index in [1.807, 2.05) is 6.07 Å². The molecular weight excluding hydrogens is 324 g/mol. The molecule has 0 saturated carbocycles. The molecule has 0 radical (unpaired) electrons. The normalized spacial score (nSPS) is 16.9. The highest BCUT2D eigenvalue weighted by Crippen LogP contribution is 2.21. The van der Waals surface area contributed by atoms with Crippen LogP contribution in [0.1, 0.15) is 25.3 Å². The number of benzene rings is 1. The standard InChI is InChI=1S/C18H22N2O5/c1-2-23-18(22)20-13-5-6-15-12(8-17(21)25-16(15)9-13)10-19-11-14-4-3-7-24-14/h5-6,8-9,14,19H,2-4,7,10-11H2,1H3,(H,20,22). The average molecular weight is 346 g/mol. The maximum absolute atomic E-state index is 11.8. The van der Waals surface area contributed by atoms with Crippen LogP contribution < -0.4 is 16.3 Å². The highest BCUT2D eigenvalue weighted by molar-refractivity contribution is 5.89. The molecule has 2 heterocycles. The summed E-state index contributed by atoms with van der Waals surface area (Å²) in [5.74, 6) is 0. The molecule has 134 valence electrons. The Morgan fingerprint density at radius 3 is 3.00 bits per heavy atom. The topological polar surface area (TPSA) is 89.8 Å². The molecule has 3 rings (SSSR count). The Morgan fingerprint density at radius 1 is 1.36 bits per heavy atom. The third kappa shape index (κ3) is 4.58. The van der Waals surface area contributed by atoms with Crippen LogP contribution in [0.25, 0.3) is 11.0 Å². The Balaban J connectivity index is 1.74. The third-order valence-corrected chi connectivity index (χ3v) is 4.06. The SMILES string of the molecule is CCOC(=O)Nc1ccc2c(CNCC3CCCO3)cc(=O)oc2c1. The van der Waals surface area contributed by atoms with Gasteiger partial charge in [0.15, 0.2) is 0 Å². The van der Waals surface area contributed by atoms with Gasteiger partial charge in [-0.1, -0.05) is 0 Å². The lowest BCUT2D eigenvalue weighted by Gasteiger charge is -2.12. The number of amides is 1. The second kappa shape index (κ2) is 8.13. The van der Waals surface area contributed by atoms with Gasteiger partial charge in [-0.15, -0.1) is 0 Å². The van der Waals surface area contributed by atoms with E-state index in [1.165, 1.54) is 6.07 Å². The molecule has 1 aromatic carbocycles. The van der Waals surface area contributed by atoms with Crippen molar-refractivity contribution in [3.8, 4) is 0 Å². The predicted octanol–water partition coefficient (Wildman–Crippen LogP) is 2.63. The number of carbonyl (C=O) groups excluding carboxylic acids is 1. The Bertz CT molecular complexity index is 796. The van der Waals surface area contributed by atoms with E-state index < -0.39 is 11.7 Å². The van der Waals surface area contributed by atoms with Gasteiger partial charge in [-0.2, -0.15) is 0 Å². The van der Waals surface area contributed by atoms with E-state index in [4.69, 9.17) is 13.9 Å². The van der Waals surface area contributed by atoms with Gasteiger partial charge < -0.3 is 19.2 Å². The predicted molar refractivity (Wildman–Crippen MR) is 93.8 cm³/mol. The summed E-state index contributed by atoms with van der Waals surface area (Å²) in [5, 5.41) is 6.76. The van der Waals surface area contributed by atoms with Gasteiger partial charge in [0, 0.05) is 42.9 Å². The summed E-state index contributed by atoms with van der Waals surface area (Å²) in [5.41, 5.74) is 1.37. The highest BCUT2D eigenvalue weighted by atomic mass is 16.5. The Labute approximate surface area is 145 Å². The molecule has 2 N–H and O–H groups in total. The first-order valence-corrected chi connectivity index (χ1v) is 8.48. The van der Waals surface area contributed by atoms with E-state index in [1.54, 1.807) is 19.1 Å². The second-order valence-corrected chi connectivity index (χ2v) is 5.91. The summed E-state index contributed by atoms with van der Waals surface area (Å²) < 4.78 is 15.7. The van der Waals surface area contributed by atoms with E-state index in [2.05, 4.69) is 10.6 Å². The zero-order valence-electron chi connectivity index (χ0n) is 14.2. The quantitative estimate of drug-likeness (QED) is 0.782. The van der Waals surface area contributed by atoms with Crippen molar-refractivity contribution in [2.75, 3.05) is 25.1 Å². The minimum Gasteiger partial charge on any atom is -0.450 e. The van der Waals surface area contributed by atoms with E-state index in [9.17, 15) is 9.59 Å². The molecule has 1 unspecified atom stereocenters. The van der Waals surface area contributed by atoms with Crippen molar-refractivity contribution in [3.63, 3.8) is 0 Å². The zero-order chi connectivity index (χ0) is 17.6. The lowest BCUT2D eigenvalue weighted by Crippen LogP contribution is -2.26. The van der Waals surface area contributed by atoms with E-state index >= 15 is 0 Å². The van der Waals surface area contributed by atoms with Crippen molar-refractivity contribution in [1.29, 1.82) is 0 Å². The summed E-state index contributed by atoms with van der Waals surface area (Å²) in [6.45, 7) is 4.14. The van der Waals surface area contributed by atoms with Crippen LogP contribution in [-0.4, -0.2) is 32.0 Å². The summed E-state index contributed by atoms with van der Waals surface area (Å²) in [7, 11) is 0. The molecule has 0 bridgehead atoms. The lowest BCUT2D eigenvalue weighted by molar-refractivity contribution is 0.110. The molecule has 1 atom stereocenters. The first-order valence-electron chi connectivity index (χ1n) is 8.48. The average Bonchev–Trinajstić information content (AvgIpc) is 3.08. The molecule has 1 aliphatic heterocycles. The van der Waals surface area contributed by atoms with E-state index in [0.717, 1.165) is 36.9 Å². The minimum atomic E-state index is -0.543. The fraction of sp³-hybridized carbons (Fsp3) is 0.444. The summed E-state index contributed by atoms with van der Waals surface area (Å²) >= 11 is 0. The molecular formula is C18H22N2O5. The van der Waals surface area contributed by atoms with Gasteiger partial charge in [-0.05, 0) is 37.5 Å². The molecule has 1 aromatic heterocycles. The van der Waals surface area contributed by atoms with Gasteiger partial charge in [0.05, 0.1) is 12.7 Å². The van der Waals surface area contributed by atoms with Crippen LogP contribution in [0, 0.1) is 0 Å². The van der Waals surface area contributed by atoms with Crippen molar-refractivity contribution in [3.05, 3.63) is 40.2 Å². The van der Waals surface area contributed by atoms with Gasteiger partial charge in [0.1, 0.15) is 5.58 Å². The van der Waals surface area contributed by atoms with Crippen molar-refractivity contribution in [2.24, 2.45) is 0 Å². The summed E-state index contributed by atoms with van der Waals surface area (Å²) in [6.07, 6.45) is 1.86. The lowest BCUT2D eigenvalue weighted by atomic mass is 10.1. The fourth-order valence-corrected chi connectivity index (χ4v) is 2.91. The van der Waals surface area contributed by atoms with Crippen LogP contribution in [-0.2, 0) is 16.0 Å². The van der Waals surface area contributed by atoms with Crippen LogP contribution >= 0.6 is 0 Å². The summed E-state index contributed by atoms with van der Waals surface area (Å²) in [4.78, 5) is 23.3. The first kappa shape index (κ1) is 17.4. The second-order valence-electron chi connectivity index (χ2n) is 5.91. The van der Waals surface area contributed by atoms with Gasteiger partial charge in [0.2, 0.25) is 0 Å². The van der Waals surface area contributed by atoms with Crippen LogP contribution in [0.15, 0.2) is 33.5 Å². The number of fused-ring (bicyclic) bond motifs is 1. The smallest absolute Gasteiger partial charge is 0.411 e. The molecule has 7 heteroatoms. The van der Waals surface area contributed by atoms with Gasteiger partial charge >= 0.3 is 11.7 Å². The molecule has 0 spiro atoms. The number of nitrogens with one attached hydrogen (secondary N) is 2. The van der Waals surface area contributed by atoms with Crippen LogP contribution in [0.3, 0.4) is 0 Å². The number of hydrogen-bond donors (Lipinski definition) is 2. The Hall–Kier alpha value is -2.38. The maximum Gasteiger partial charge on any atom is 0.411 e. The molecule has 7 nitrogen and oxygen atoms in total. The maximum atomic E-state index is 11.8. The van der Waals surface area contributed by atoms with Gasteiger partial charge in [-0.3, -0.25) is 5.32 Å². The first-order chi connectivity index (χ1) is 12.2. The van der Waals surface area contributed by atoms with E-state index in [0.29, 0.717) is 17.8 Å². The number of anilines is 1. The highest BCUT2D eigenvalue weighted by Gasteiger charge is 2.15. The van der Waals surface area contributed by atoms with Gasteiger partial charge in [0.25, 0.3) is 0 Å². The van der Waals surface area contributed by atoms with Crippen LogP contribution in [0.2, 0.25) is 0 Å². The third-order valence-electron chi connectivity index (χ3n) is 4.06. The summed E-state index contributed by atoms with van der Waals surface area (Å²) in [6, 6.07) is 6.69. The van der Waals surface area contributed by atoms with Gasteiger partial charge in [-0.25, -0.2) is 9.59 Å². The fourth-order valence-electron chi connectivity index (χ4n) is 2.91. The molecule has 25 heavy (non-hydrogen) atoms. The molecule has 1 amide bonds. The van der Waals surface area contributed by atoms with E-state index in [-0.39, 0.29) is 12.7 Å². The number of rotatable bonds is 6. The monoisotopic (exact) mass is 346 g/mol. The van der Waals surface area contributed by atoms with Crippen molar-refractivity contribution in [2.45, 2.75) is 32.4 Å². The Morgan fingerprint density at radius 2 is 2.24 bits per heavy atom. The molecule has 0 aliphatic carbocycles. The number of hydrogen-bond acceptors (Lipinski definition) is 6. The minimum absolute atomic E-state index is 0.242. The Kier molecular flexibility index (Phi) is 5.67. The molecule has 1 aliphatic rings. The largest absolute Gasteiger partial charge is 0.450 e. The number of carbonyl (C=O) groups is 1. The van der Waals surface area contributed by atoms with Crippen molar-refractivity contribution >= 4 is 22.7 Å².